The number of hydrogen-bond donors (Lipinski definition) is 0. The molecule has 12 heavy (non-hydrogen) atoms. The minimum atomic E-state index is 0.154. The first kappa shape index (κ1) is 11.9. The van der Waals surface area contributed by atoms with E-state index in [1.165, 1.54) is 12.1 Å². The molecule has 0 aliphatic rings. The van der Waals surface area contributed by atoms with Crippen molar-refractivity contribution < 1.29 is 0 Å². The Hall–Kier alpha value is -0.0862. The summed E-state index contributed by atoms with van der Waals surface area (Å²) in [5, 5.41) is 3.37. The van der Waals surface area contributed by atoms with Gasteiger partial charge in [-0.15, -0.1) is 0 Å². The highest BCUT2D eigenvalue weighted by molar-refractivity contribution is 6.50. The Kier molecular flexibility index (Phi) is 7.50. The van der Waals surface area contributed by atoms with Crippen molar-refractivity contribution in [3.8, 4) is 0 Å². The third-order valence-corrected chi connectivity index (χ3v) is 7.48. The molecule has 0 saturated heterocycles. The lowest BCUT2D eigenvalue weighted by atomic mass is 10.6. The second-order valence-electron chi connectivity index (χ2n) is 3.48. The number of rotatable bonds is 5. The molecule has 70 valence electrons. The maximum atomic E-state index is 2.29. The largest absolute Gasteiger partial charge is 0.0951 e. The number of allylic oxidation sites excluding steroid dienone is 4. The zero-order valence-electron chi connectivity index (χ0n) is 8.98. The Labute approximate surface area is 81.8 Å². The van der Waals surface area contributed by atoms with Crippen molar-refractivity contribution in [3.05, 3.63) is 22.5 Å². The van der Waals surface area contributed by atoms with Gasteiger partial charge in [0.1, 0.15) is 0 Å². The van der Waals surface area contributed by atoms with E-state index in [-0.39, 0.29) is 19.0 Å². The second-order valence-corrected chi connectivity index (χ2v) is 8.12. The van der Waals surface area contributed by atoms with Gasteiger partial charge in [0.15, 0.2) is 0 Å². The molecule has 0 radical (unpaired) electrons. The predicted molar refractivity (Wildman–Crippen MR) is 65.6 cm³/mol. The summed E-state index contributed by atoms with van der Waals surface area (Å²) in [6.45, 7) is 8.90. The molecule has 0 atom stereocenters. The molecule has 0 N–H and O–H groups in total. The van der Waals surface area contributed by atoms with Crippen LogP contribution in [0.3, 0.4) is 0 Å². The van der Waals surface area contributed by atoms with Crippen LogP contribution in [0.15, 0.2) is 22.5 Å². The Balaban J connectivity index is 3.34. The zero-order chi connectivity index (χ0) is 9.40. The van der Waals surface area contributed by atoms with Crippen LogP contribution in [-0.4, -0.2) is 19.0 Å². The molecule has 0 aromatic carbocycles. The first-order valence-electron chi connectivity index (χ1n) is 4.94. The maximum absolute atomic E-state index is 2.29. The zero-order valence-corrected chi connectivity index (χ0v) is 11.8. The van der Waals surface area contributed by atoms with Gasteiger partial charge in [-0.2, -0.15) is 0 Å². The normalized spacial score (nSPS) is 15.7. The van der Waals surface area contributed by atoms with Crippen LogP contribution in [-0.2, 0) is 0 Å². The van der Waals surface area contributed by atoms with E-state index >= 15 is 0 Å². The van der Waals surface area contributed by atoms with E-state index in [1.54, 1.807) is 10.4 Å². The Morgan fingerprint density at radius 3 is 1.50 bits per heavy atom. The van der Waals surface area contributed by atoms with Gasteiger partial charge in [-0.1, -0.05) is 34.6 Å². The van der Waals surface area contributed by atoms with Gasteiger partial charge in [0.25, 0.3) is 0 Å². The lowest BCUT2D eigenvalue weighted by Crippen LogP contribution is -1.97. The van der Waals surface area contributed by atoms with E-state index in [2.05, 4.69) is 39.8 Å². The molecule has 0 aromatic heterocycles. The third kappa shape index (κ3) is 6.61. The molecule has 0 aliphatic carbocycles. The molecular formula is C10H22Si2. The number of hydrogen-bond acceptors (Lipinski definition) is 0. The van der Waals surface area contributed by atoms with Crippen LogP contribution in [0, 0.1) is 0 Å². The van der Waals surface area contributed by atoms with E-state index in [1.807, 2.05) is 0 Å². The molecule has 0 heterocycles. The van der Waals surface area contributed by atoms with Crippen LogP contribution >= 0.6 is 0 Å². The van der Waals surface area contributed by atoms with Gasteiger partial charge in [-0.3, -0.25) is 0 Å². The molecule has 0 spiro atoms. The molecule has 0 rings (SSSR count). The lowest BCUT2D eigenvalue weighted by Gasteiger charge is -1.99. The molecular weight excluding hydrogens is 176 g/mol. The van der Waals surface area contributed by atoms with Gasteiger partial charge in [-0.25, -0.2) is 0 Å². The fraction of sp³-hybridized carbons (Fsp3) is 0.600. The molecule has 0 unspecified atom stereocenters. The molecule has 2 heteroatoms. The summed E-state index contributed by atoms with van der Waals surface area (Å²) >= 11 is 0. The highest BCUT2D eigenvalue weighted by Crippen LogP contribution is 2.00. The fourth-order valence-corrected chi connectivity index (χ4v) is 4.79. The third-order valence-electron chi connectivity index (χ3n) is 2.38. The topological polar surface area (TPSA) is 0 Å². The summed E-state index contributed by atoms with van der Waals surface area (Å²) < 4.78 is 0. The summed E-state index contributed by atoms with van der Waals surface area (Å²) in [6, 6.07) is 3.07. The lowest BCUT2D eigenvalue weighted by molar-refractivity contribution is 1.38. The van der Waals surface area contributed by atoms with Crippen molar-refractivity contribution in [2.24, 2.45) is 0 Å². The molecule has 0 amide bonds. The van der Waals surface area contributed by atoms with E-state index in [9.17, 15) is 0 Å². The van der Waals surface area contributed by atoms with Gasteiger partial charge < -0.3 is 0 Å². The van der Waals surface area contributed by atoms with E-state index < -0.39 is 0 Å². The van der Waals surface area contributed by atoms with Gasteiger partial charge in [0.2, 0.25) is 0 Å². The second kappa shape index (κ2) is 7.56. The minimum absolute atomic E-state index is 0.154. The van der Waals surface area contributed by atoms with Crippen molar-refractivity contribution in [2.45, 2.75) is 39.8 Å². The summed E-state index contributed by atoms with van der Waals surface area (Å²) in [5.41, 5.74) is 0. The van der Waals surface area contributed by atoms with Crippen molar-refractivity contribution in [2.75, 3.05) is 0 Å². The maximum Gasteiger partial charge on any atom is 0.0484 e. The molecule has 0 aliphatic heterocycles. The van der Waals surface area contributed by atoms with Crippen molar-refractivity contribution in [1.82, 2.24) is 0 Å². The van der Waals surface area contributed by atoms with E-state index in [0.717, 1.165) is 0 Å². The average Bonchev–Trinajstić information content (AvgIpc) is 2.11. The van der Waals surface area contributed by atoms with Crippen LogP contribution in [0.25, 0.3) is 0 Å². The summed E-state index contributed by atoms with van der Waals surface area (Å²) in [4.78, 5) is 0. The highest BCUT2D eigenvalue weighted by Gasteiger charge is 1.93. The van der Waals surface area contributed by atoms with Gasteiger partial charge >= 0.3 is 0 Å². The average molecular weight is 198 g/mol. The summed E-state index contributed by atoms with van der Waals surface area (Å²) in [5.74, 6) is 0. The van der Waals surface area contributed by atoms with Gasteiger partial charge in [0, 0.05) is 19.0 Å². The van der Waals surface area contributed by atoms with Gasteiger partial charge in [0.05, 0.1) is 0 Å². The monoisotopic (exact) mass is 198 g/mol. The Morgan fingerprint density at radius 1 is 0.917 bits per heavy atom. The SMILES string of the molecule is CC=C(C)[SiH2]CC[SiH2]C(C)=CC. The fourth-order valence-electron chi connectivity index (χ4n) is 1.10. The molecule has 0 saturated carbocycles. The molecule has 0 bridgehead atoms. The molecule has 0 fully saturated rings. The van der Waals surface area contributed by atoms with Crippen molar-refractivity contribution >= 4 is 19.0 Å². The highest BCUT2D eigenvalue weighted by atomic mass is 28.2. The quantitative estimate of drug-likeness (QED) is 0.468. The van der Waals surface area contributed by atoms with Crippen LogP contribution in [0.2, 0.25) is 12.1 Å². The first-order valence-corrected chi connectivity index (χ1v) is 8.35. The van der Waals surface area contributed by atoms with Crippen molar-refractivity contribution in [3.63, 3.8) is 0 Å². The van der Waals surface area contributed by atoms with E-state index in [0.29, 0.717) is 0 Å². The summed E-state index contributed by atoms with van der Waals surface area (Å²) in [7, 11) is 0.307. The van der Waals surface area contributed by atoms with Gasteiger partial charge in [-0.05, 0) is 27.7 Å². The minimum Gasteiger partial charge on any atom is -0.0951 e. The smallest absolute Gasteiger partial charge is 0.0484 e. The standard InChI is InChI=1S/C10H22Si2/c1-5-9(3)11-7-8-12-10(4)6-2/h5-6H,7-8,11-12H2,1-4H3. The van der Waals surface area contributed by atoms with Crippen LogP contribution in [0.4, 0.5) is 0 Å². The molecule has 0 nitrogen and oxygen atoms in total. The first-order chi connectivity index (χ1) is 5.70. The van der Waals surface area contributed by atoms with Crippen LogP contribution in [0.5, 0.6) is 0 Å². The Morgan fingerprint density at radius 2 is 1.25 bits per heavy atom. The molecule has 0 aromatic rings. The van der Waals surface area contributed by atoms with Crippen molar-refractivity contribution in [1.29, 1.82) is 0 Å². The van der Waals surface area contributed by atoms with Crippen LogP contribution in [0.1, 0.15) is 27.7 Å². The van der Waals surface area contributed by atoms with E-state index in [4.69, 9.17) is 0 Å². The predicted octanol–water partition coefficient (Wildman–Crippen LogP) is 2.01. The van der Waals surface area contributed by atoms with Crippen LogP contribution < -0.4 is 0 Å². The summed E-state index contributed by atoms with van der Waals surface area (Å²) in [6.07, 6.45) is 4.58. The Bertz CT molecular complexity index is 149.